The summed E-state index contributed by atoms with van der Waals surface area (Å²) >= 11 is 0. The van der Waals surface area contributed by atoms with Crippen molar-refractivity contribution in [2.75, 3.05) is 14.2 Å². The molecule has 17 nitrogen and oxygen atoms in total. The van der Waals surface area contributed by atoms with Gasteiger partial charge in [-0.2, -0.15) is 39.5 Å². The molecule has 15 rings (SSSR count). The molecule has 0 spiro atoms. The van der Waals surface area contributed by atoms with Crippen LogP contribution in [0, 0.1) is 30.3 Å². The molecule has 0 bridgehead atoms. The van der Waals surface area contributed by atoms with Crippen LogP contribution in [0.2, 0.25) is 0 Å². The number of nitrogens with zero attached hydrogens (tertiary/aromatic N) is 5. The molecule has 0 aliphatic heterocycles. The van der Waals surface area contributed by atoms with Gasteiger partial charge in [0.15, 0.2) is 28.9 Å². The van der Waals surface area contributed by atoms with E-state index in [0.29, 0.717) is 28.0 Å². The van der Waals surface area contributed by atoms with Crippen molar-refractivity contribution in [3.63, 3.8) is 0 Å². The number of pyridine rings is 5. The maximum Gasteiger partial charge on any atom is 0.399 e. The van der Waals surface area contributed by atoms with E-state index in [2.05, 4.69) is 79.5 Å². The number of benzene rings is 10. The number of aliphatic hydroxyl groups excluding tert-OH is 5. The number of fused-ring (bicyclic) bond motifs is 5. The molecule has 721 valence electrons. The van der Waals surface area contributed by atoms with E-state index in [1.165, 1.54) is 124 Å². The third-order valence-corrected chi connectivity index (χ3v) is 16.9. The van der Waals surface area contributed by atoms with Crippen LogP contribution in [0.25, 0.3) is 111 Å². The summed E-state index contributed by atoms with van der Waals surface area (Å²) in [5, 5.41) is 46.9. The first kappa shape index (κ1) is 122. The van der Waals surface area contributed by atoms with Crippen LogP contribution in [0.15, 0.2) is 332 Å². The molecule has 5 N–H and O–H groups in total. The summed E-state index contributed by atoms with van der Waals surface area (Å²) in [6.45, 7) is 14.2. The zero-order valence-electron chi connectivity index (χ0n) is 74.8. The van der Waals surface area contributed by atoms with Crippen molar-refractivity contribution in [3.8, 4) is 67.8 Å². The first-order valence-corrected chi connectivity index (χ1v) is 39.6. The Labute approximate surface area is 849 Å². The SMILES string of the molecule is CC(=O)C=C(C)O.CC(=O)C=C(C)O.CC(=O)C=C(C)O.CC(=O)C=C(C)O.CC(=O)C=C(C)O.COc1c[c-]c(-c2ccc3ccccc3n2)cc1.COc1cc[c-]c(-c2ccc3ccccc3n2)c1.FC(F)(F)c1c[c-]c(-c2ccc3ccccc3n2)cc1.FC(F)(F)c1cc[c-]c(-c2ccc3ccccc3n2)c1.FC(F)(F)c1ccc[c-]c1-c1ccc2ccccc2n1.[Ir].[Ir].[Ir].[Ir].[Ir]. The van der Waals surface area contributed by atoms with E-state index in [1.807, 2.05) is 158 Å². The number of hydrogen-bond acceptors (Lipinski definition) is 17. The third kappa shape index (κ3) is 43.9. The summed E-state index contributed by atoms with van der Waals surface area (Å²) in [6, 6.07) is 93.6. The van der Waals surface area contributed by atoms with E-state index in [4.69, 9.17) is 35.0 Å². The van der Waals surface area contributed by atoms with E-state index in [0.717, 1.165) is 113 Å². The van der Waals surface area contributed by atoms with Crippen molar-refractivity contribution in [1.29, 1.82) is 0 Å². The molecule has 5 heterocycles. The number of ketones is 5. The fourth-order valence-electron chi connectivity index (χ4n) is 11.4. The Morgan fingerprint density at radius 1 is 0.279 bits per heavy atom. The van der Waals surface area contributed by atoms with Crippen molar-refractivity contribution in [1.82, 2.24) is 24.9 Å². The largest absolute Gasteiger partial charge is 0.540 e. The van der Waals surface area contributed by atoms with Gasteiger partial charge in [0.2, 0.25) is 0 Å². The van der Waals surface area contributed by atoms with Crippen LogP contribution >= 0.6 is 0 Å². The maximum atomic E-state index is 13.0. The fourth-order valence-corrected chi connectivity index (χ4v) is 11.4. The van der Waals surface area contributed by atoms with Crippen LogP contribution in [-0.2, 0) is 143 Å². The number of aliphatic hydroxyl groups is 5. The second-order valence-electron chi connectivity index (χ2n) is 28.1. The summed E-state index contributed by atoms with van der Waals surface area (Å²) in [5.74, 6) is 1.31. The van der Waals surface area contributed by atoms with Crippen molar-refractivity contribution in [3.05, 3.63) is 379 Å². The molecule has 0 atom stereocenters. The van der Waals surface area contributed by atoms with Crippen molar-refractivity contribution in [2.24, 2.45) is 0 Å². The Bertz CT molecular complexity index is 6380. The van der Waals surface area contributed by atoms with Crippen LogP contribution in [0.1, 0.15) is 85.9 Å². The number of ether oxygens (including phenoxy) is 2. The Morgan fingerprint density at radius 3 is 0.853 bits per heavy atom. The zero-order chi connectivity index (χ0) is 96.5. The van der Waals surface area contributed by atoms with Gasteiger partial charge in [-0.1, -0.05) is 152 Å². The van der Waals surface area contributed by atoms with E-state index in [1.54, 1.807) is 50.6 Å². The average molecular weight is 2750 g/mol. The summed E-state index contributed by atoms with van der Waals surface area (Å²) in [6.07, 6.45) is -7.28. The molecule has 0 saturated heterocycles. The molecule has 0 aliphatic rings. The molecule has 5 radical (unpaired) electrons. The monoisotopic (exact) mass is 2750 g/mol. The Morgan fingerprint density at radius 2 is 0.574 bits per heavy atom. The van der Waals surface area contributed by atoms with Crippen molar-refractivity contribution in [2.45, 2.75) is 87.8 Å². The molecular weight excluding hydrogens is 2660 g/mol. The smallest absolute Gasteiger partial charge is 0.399 e. The summed E-state index contributed by atoms with van der Waals surface area (Å²) in [7, 11) is 3.31. The number of carbonyl (C=O) groups is 5. The van der Waals surface area contributed by atoms with Gasteiger partial charge in [-0.15, -0.1) is 149 Å². The Balaban J connectivity index is 0.000000776. The van der Waals surface area contributed by atoms with Crippen LogP contribution in [-0.4, -0.2) is 93.6 Å². The minimum absolute atomic E-state index is 0. The van der Waals surface area contributed by atoms with Gasteiger partial charge in [-0.25, -0.2) is 0 Å². The van der Waals surface area contributed by atoms with Crippen molar-refractivity contribution >= 4 is 83.4 Å². The number of carbonyl (C=O) groups excluding carboxylic acids is 5. The van der Waals surface area contributed by atoms with Crippen LogP contribution in [0.3, 0.4) is 0 Å². The average Bonchev–Trinajstić information content (AvgIpc) is 0.789. The quantitative estimate of drug-likeness (QED) is 0.0329. The first-order valence-electron chi connectivity index (χ1n) is 39.6. The van der Waals surface area contributed by atoms with E-state index >= 15 is 0 Å². The zero-order valence-corrected chi connectivity index (χ0v) is 86.7. The minimum atomic E-state index is -4.42. The predicted octanol–water partition coefficient (Wildman–Crippen LogP) is 26.8. The van der Waals surface area contributed by atoms with Crippen LogP contribution in [0.5, 0.6) is 11.5 Å². The van der Waals surface area contributed by atoms with Gasteiger partial charge in [0, 0.05) is 142 Å². The van der Waals surface area contributed by atoms with Crippen LogP contribution in [0.4, 0.5) is 39.5 Å². The Kier molecular flexibility index (Phi) is 54.3. The maximum absolute atomic E-state index is 13.0. The number of para-hydroxylation sites is 5. The molecule has 31 heteroatoms. The number of alkyl halides is 9. The Hall–Kier alpha value is -12.5. The van der Waals surface area contributed by atoms with E-state index < -0.39 is 35.2 Å². The molecule has 0 aliphatic carbocycles. The van der Waals surface area contributed by atoms with Gasteiger partial charge >= 0.3 is 18.5 Å². The van der Waals surface area contributed by atoms with Gasteiger partial charge < -0.3 is 35.0 Å². The molecule has 136 heavy (non-hydrogen) atoms. The molecule has 5 aromatic heterocycles. The van der Waals surface area contributed by atoms with Gasteiger partial charge in [0.05, 0.1) is 70.6 Å². The standard InChI is InChI=1S/3C16H9F3N.2C16H12NO.5C5H8O2.5Ir/c17-16(18,19)13-7-3-2-6-12(13)15-10-9-11-5-1-4-8-14(11)20-15;17-16(18,19)13-6-3-5-12(10-13)15-9-8-11-4-1-2-7-14(11)20-15;17-16(18,19)13-8-5-12(6-9-13)15-10-7-11-3-1-2-4-14(11)20-15;1-18-14-7-4-6-13(11-14)16-10-9-12-5-2-3-8-15(12)17-16;1-18-14-9-6-13(7-10-14)16-11-8-12-4-2-3-5-15(12)17-16;5*1-4(6)3-5(2)7;;;;;/h1-5,7-10H;1-4,6-10H;1-5,7-10H;2-5,7-11H,1H3;2-6,8-11H,1H3;5*3,6H,1-2H3;;;;;/q5*-1;;;;;;;;;;. The molecule has 15 aromatic rings. The molecular formula is C105H91F9Ir5N5O12-5. The van der Waals surface area contributed by atoms with Gasteiger partial charge in [0.1, 0.15) is 0 Å². The number of hydrogen-bond donors (Lipinski definition) is 5. The third-order valence-electron chi connectivity index (χ3n) is 16.9. The number of allylic oxidation sites excluding steroid dienone is 10. The number of methoxy groups -OCH3 is 2. The van der Waals surface area contributed by atoms with Gasteiger partial charge in [-0.3, -0.25) is 48.9 Å². The first-order chi connectivity index (χ1) is 62.0. The molecule has 0 amide bonds. The number of aromatic nitrogens is 5. The molecule has 0 saturated carbocycles. The predicted molar refractivity (Wildman–Crippen MR) is 494 cm³/mol. The van der Waals surface area contributed by atoms with E-state index in [-0.39, 0.29) is 169 Å². The van der Waals surface area contributed by atoms with Crippen molar-refractivity contribution < 1.29 is 199 Å². The normalized spacial score (nSPS) is 10.9. The fraction of sp³-hybridized carbons (Fsp3) is 0.143. The summed E-state index contributed by atoms with van der Waals surface area (Å²) in [4.78, 5) is 72.4. The second-order valence-corrected chi connectivity index (χ2v) is 28.1. The summed E-state index contributed by atoms with van der Waals surface area (Å²) in [5.41, 5.74) is 8.07. The topological polar surface area (TPSA) is 269 Å². The van der Waals surface area contributed by atoms with E-state index in [9.17, 15) is 63.5 Å². The number of rotatable bonds is 12. The van der Waals surface area contributed by atoms with Gasteiger partial charge in [0.25, 0.3) is 0 Å². The molecule has 0 unspecified atom stereocenters. The second kappa shape index (κ2) is 60.8. The number of halogens is 9. The van der Waals surface area contributed by atoms with Crippen LogP contribution < -0.4 is 9.47 Å². The summed E-state index contributed by atoms with van der Waals surface area (Å²) < 4.78 is 125. The molecule has 0 fully saturated rings. The minimum Gasteiger partial charge on any atom is -0.540 e. The molecule has 10 aromatic carbocycles. The van der Waals surface area contributed by atoms with Gasteiger partial charge in [-0.05, 0) is 172 Å².